The number of anilines is 1. The van der Waals surface area contributed by atoms with Crippen molar-refractivity contribution in [3.63, 3.8) is 0 Å². The molecule has 21 heavy (non-hydrogen) atoms. The second-order valence-electron chi connectivity index (χ2n) is 4.22. The van der Waals surface area contributed by atoms with Crippen LogP contribution >= 0.6 is 0 Å². The van der Waals surface area contributed by atoms with Crippen LogP contribution in [0.15, 0.2) is 47.5 Å². The standard InChI is InChI=1S/C14H16N2O4S/c1-2-20-12-3-5-13(6-4-12)21(18,19)16-14-9-11(10-17)7-8-15-14/h3-9,17H,2,10H2,1H3,(H,15,16). The van der Waals surface area contributed by atoms with Gasteiger partial charge in [-0.3, -0.25) is 4.72 Å². The summed E-state index contributed by atoms with van der Waals surface area (Å²) in [4.78, 5) is 4.03. The molecule has 0 amide bonds. The Morgan fingerprint density at radius 1 is 1.24 bits per heavy atom. The first-order valence-corrected chi connectivity index (χ1v) is 7.85. The molecule has 2 rings (SSSR count). The van der Waals surface area contributed by atoms with Crippen LogP contribution in [-0.4, -0.2) is 25.1 Å². The second kappa shape index (κ2) is 6.55. The van der Waals surface area contributed by atoms with E-state index in [1.54, 1.807) is 18.2 Å². The molecule has 2 N–H and O–H groups in total. The monoisotopic (exact) mass is 308 g/mol. The number of nitrogens with zero attached hydrogens (tertiary/aromatic N) is 1. The Bertz CT molecular complexity index is 699. The number of hydrogen-bond donors (Lipinski definition) is 2. The zero-order chi connectivity index (χ0) is 15.3. The number of benzene rings is 1. The smallest absolute Gasteiger partial charge is 0.263 e. The fourth-order valence-electron chi connectivity index (χ4n) is 1.71. The molecule has 2 aromatic rings. The third-order valence-corrected chi connectivity index (χ3v) is 4.06. The molecule has 0 atom stereocenters. The average molecular weight is 308 g/mol. The first-order valence-electron chi connectivity index (χ1n) is 6.36. The summed E-state index contributed by atoms with van der Waals surface area (Å²) in [6.07, 6.45) is 1.43. The lowest BCUT2D eigenvalue weighted by molar-refractivity contribution is 0.282. The molecule has 7 heteroatoms. The molecule has 0 spiro atoms. The van der Waals surface area contributed by atoms with Crippen LogP contribution in [0.2, 0.25) is 0 Å². The van der Waals surface area contributed by atoms with Gasteiger partial charge in [-0.05, 0) is 48.9 Å². The van der Waals surface area contributed by atoms with Gasteiger partial charge in [0, 0.05) is 6.20 Å². The van der Waals surface area contributed by atoms with Crippen LogP contribution in [0.25, 0.3) is 0 Å². The van der Waals surface area contributed by atoms with E-state index in [0.717, 1.165) is 0 Å². The normalized spacial score (nSPS) is 11.1. The number of rotatable bonds is 6. The minimum atomic E-state index is -3.72. The average Bonchev–Trinajstić information content (AvgIpc) is 2.48. The van der Waals surface area contributed by atoms with Crippen molar-refractivity contribution >= 4 is 15.8 Å². The van der Waals surface area contributed by atoms with Crippen LogP contribution in [0, 0.1) is 0 Å². The van der Waals surface area contributed by atoms with Crippen molar-refractivity contribution in [1.29, 1.82) is 0 Å². The predicted molar refractivity (Wildman–Crippen MR) is 78.6 cm³/mol. The molecular formula is C14H16N2O4S. The molecule has 0 aliphatic carbocycles. The summed E-state index contributed by atoms with van der Waals surface area (Å²) in [5.41, 5.74) is 0.578. The Morgan fingerprint density at radius 2 is 1.95 bits per heavy atom. The highest BCUT2D eigenvalue weighted by Gasteiger charge is 2.15. The van der Waals surface area contributed by atoms with Gasteiger partial charge in [0.15, 0.2) is 0 Å². The molecule has 112 valence electrons. The highest BCUT2D eigenvalue weighted by molar-refractivity contribution is 7.92. The molecule has 0 saturated carbocycles. The number of sulfonamides is 1. The van der Waals surface area contributed by atoms with Gasteiger partial charge in [-0.25, -0.2) is 13.4 Å². The highest BCUT2D eigenvalue weighted by atomic mass is 32.2. The van der Waals surface area contributed by atoms with E-state index >= 15 is 0 Å². The number of aliphatic hydroxyl groups is 1. The molecular weight excluding hydrogens is 292 g/mol. The Hall–Kier alpha value is -2.12. The van der Waals surface area contributed by atoms with Gasteiger partial charge in [0.2, 0.25) is 0 Å². The zero-order valence-corrected chi connectivity index (χ0v) is 12.3. The first-order chi connectivity index (χ1) is 10.0. The van der Waals surface area contributed by atoms with E-state index in [2.05, 4.69) is 9.71 Å². The maximum Gasteiger partial charge on any atom is 0.263 e. The summed E-state index contributed by atoms with van der Waals surface area (Å²) in [6, 6.07) is 9.19. The highest BCUT2D eigenvalue weighted by Crippen LogP contribution is 2.18. The number of hydrogen-bond acceptors (Lipinski definition) is 5. The van der Waals surface area contributed by atoms with Gasteiger partial charge in [0.1, 0.15) is 11.6 Å². The van der Waals surface area contributed by atoms with E-state index in [1.807, 2.05) is 6.92 Å². The van der Waals surface area contributed by atoms with E-state index < -0.39 is 10.0 Å². The summed E-state index contributed by atoms with van der Waals surface area (Å²) in [5.74, 6) is 0.771. The van der Waals surface area contributed by atoms with Crippen molar-refractivity contribution < 1.29 is 18.3 Å². The van der Waals surface area contributed by atoms with Gasteiger partial charge in [0.25, 0.3) is 10.0 Å². The Kier molecular flexibility index (Phi) is 4.77. The molecule has 6 nitrogen and oxygen atoms in total. The van der Waals surface area contributed by atoms with Gasteiger partial charge in [-0.15, -0.1) is 0 Å². The van der Waals surface area contributed by atoms with Crippen molar-refractivity contribution in [2.24, 2.45) is 0 Å². The van der Waals surface area contributed by atoms with E-state index in [4.69, 9.17) is 9.84 Å². The molecule has 0 unspecified atom stereocenters. The summed E-state index contributed by atoms with van der Waals surface area (Å²) < 4.78 is 32.1. The van der Waals surface area contributed by atoms with Crippen molar-refractivity contribution in [3.05, 3.63) is 48.2 Å². The number of nitrogens with one attached hydrogen (secondary N) is 1. The number of ether oxygens (including phenoxy) is 1. The van der Waals surface area contributed by atoms with Crippen LogP contribution in [-0.2, 0) is 16.6 Å². The van der Waals surface area contributed by atoms with Crippen molar-refractivity contribution in [2.45, 2.75) is 18.4 Å². The summed E-state index contributed by atoms with van der Waals surface area (Å²) in [6.45, 7) is 2.19. The van der Waals surface area contributed by atoms with Crippen LogP contribution in [0.5, 0.6) is 5.75 Å². The van der Waals surface area contributed by atoms with E-state index in [9.17, 15) is 8.42 Å². The predicted octanol–water partition coefficient (Wildman–Crippen LogP) is 1.77. The first kappa shape index (κ1) is 15.3. The summed E-state index contributed by atoms with van der Waals surface area (Å²) in [5, 5.41) is 9.04. The van der Waals surface area contributed by atoms with E-state index in [1.165, 1.54) is 24.4 Å². The minimum Gasteiger partial charge on any atom is -0.494 e. The fraction of sp³-hybridized carbons (Fsp3) is 0.214. The van der Waals surface area contributed by atoms with Gasteiger partial charge in [-0.1, -0.05) is 0 Å². The molecule has 0 aliphatic rings. The van der Waals surface area contributed by atoms with Crippen LogP contribution < -0.4 is 9.46 Å². The van der Waals surface area contributed by atoms with Crippen molar-refractivity contribution in [1.82, 2.24) is 4.98 Å². The van der Waals surface area contributed by atoms with E-state index in [0.29, 0.717) is 17.9 Å². The number of aliphatic hydroxyl groups excluding tert-OH is 1. The Labute approximate surface area is 123 Å². The second-order valence-corrected chi connectivity index (χ2v) is 5.90. The molecule has 0 radical (unpaired) electrons. The van der Waals surface area contributed by atoms with Crippen molar-refractivity contribution in [2.75, 3.05) is 11.3 Å². The van der Waals surface area contributed by atoms with Gasteiger partial charge >= 0.3 is 0 Å². The van der Waals surface area contributed by atoms with Gasteiger partial charge < -0.3 is 9.84 Å². The molecule has 1 aromatic heterocycles. The van der Waals surface area contributed by atoms with Crippen LogP contribution in [0.4, 0.5) is 5.82 Å². The van der Waals surface area contributed by atoms with Gasteiger partial charge in [0.05, 0.1) is 18.1 Å². The van der Waals surface area contributed by atoms with E-state index in [-0.39, 0.29) is 17.3 Å². The maximum absolute atomic E-state index is 12.2. The SMILES string of the molecule is CCOc1ccc(S(=O)(=O)Nc2cc(CO)ccn2)cc1. The lowest BCUT2D eigenvalue weighted by Crippen LogP contribution is -2.14. The van der Waals surface area contributed by atoms with Crippen LogP contribution in [0.3, 0.4) is 0 Å². The quantitative estimate of drug-likeness (QED) is 0.849. The molecule has 1 heterocycles. The lowest BCUT2D eigenvalue weighted by atomic mass is 10.3. The fourth-order valence-corrected chi connectivity index (χ4v) is 2.71. The Balaban J connectivity index is 2.21. The lowest BCUT2D eigenvalue weighted by Gasteiger charge is -2.09. The number of pyridine rings is 1. The van der Waals surface area contributed by atoms with Crippen LogP contribution in [0.1, 0.15) is 12.5 Å². The topological polar surface area (TPSA) is 88.5 Å². The third-order valence-electron chi connectivity index (χ3n) is 2.69. The molecule has 0 saturated heterocycles. The van der Waals surface area contributed by atoms with Gasteiger partial charge in [-0.2, -0.15) is 0 Å². The molecule has 0 fully saturated rings. The van der Waals surface area contributed by atoms with Crippen molar-refractivity contribution in [3.8, 4) is 5.75 Å². The zero-order valence-electron chi connectivity index (χ0n) is 11.5. The maximum atomic E-state index is 12.2. The molecule has 0 bridgehead atoms. The number of aromatic nitrogens is 1. The summed E-state index contributed by atoms with van der Waals surface area (Å²) in [7, 11) is -3.72. The molecule has 0 aliphatic heterocycles. The largest absolute Gasteiger partial charge is 0.494 e. The Morgan fingerprint density at radius 3 is 2.57 bits per heavy atom. The minimum absolute atomic E-state index is 0.113. The summed E-state index contributed by atoms with van der Waals surface area (Å²) >= 11 is 0. The molecule has 1 aromatic carbocycles. The third kappa shape index (κ3) is 3.93.